The van der Waals surface area contributed by atoms with Crippen molar-refractivity contribution >= 4 is 10.9 Å². The molecule has 2 heteroatoms. The summed E-state index contributed by atoms with van der Waals surface area (Å²) in [6.45, 7) is 4.11. The molecule has 1 nitrogen and oxygen atoms in total. The molecule has 1 saturated heterocycles. The van der Waals surface area contributed by atoms with Crippen molar-refractivity contribution in [2.24, 2.45) is 17.8 Å². The molecule has 1 N–H and O–H groups in total. The maximum absolute atomic E-state index is 10.0. The molecule has 3 aliphatic rings. The van der Waals surface area contributed by atoms with Gasteiger partial charge in [-0.25, -0.2) is 0 Å². The standard InChI is InChI=1S/C19H26OS/c1-12-8-16(9-13(2)19(12)20)21-7-3-4-18(21)17-11-14-5-6-15(17)10-14/h8-9,14-15,17-18H,3-7,10-11H2,1-2H3/p+1. The lowest BCUT2D eigenvalue weighted by molar-refractivity contribution is 0.319. The molecule has 0 spiro atoms. The molecule has 2 saturated carbocycles. The Morgan fingerprint density at radius 3 is 2.43 bits per heavy atom. The van der Waals surface area contributed by atoms with E-state index < -0.39 is 0 Å². The van der Waals surface area contributed by atoms with Gasteiger partial charge in [0.2, 0.25) is 0 Å². The number of phenolic OH excluding ortho intramolecular Hbond substituents is 1. The Labute approximate surface area is 131 Å². The van der Waals surface area contributed by atoms with Gasteiger partial charge in [0.1, 0.15) is 16.8 Å². The van der Waals surface area contributed by atoms with E-state index in [1.807, 2.05) is 0 Å². The predicted molar refractivity (Wildman–Crippen MR) is 90.0 cm³/mol. The van der Waals surface area contributed by atoms with E-state index in [2.05, 4.69) is 26.0 Å². The van der Waals surface area contributed by atoms with E-state index in [1.54, 1.807) is 0 Å². The second-order valence-corrected chi connectivity index (χ2v) is 9.90. The zero-order valence-electron chi connectivity index (χ0n) is 13.3. The van der Waals surface area contributed by atoms with Crippen LogP contribution in [-0.2, 0) is 10.9 Å². The van der Waals surface area contributed by atoms with Crippen LogP contribution < -0.4 is 0 Å². The lowest BCUT2D eigenvalue weighted by Gasteiger charge is -2.26. The van der Waals surface area contributed by atoms with Gasteiger partial charge in [-0.3, -0.25) is 0 Å². The van der Waals surface area contributed by atoms with Gasteiger partial charge in [-0.05, 0) is 74.6 Å². The van der Waals surface area contributed by atoms with E-state index in [9.17, 15) is 5.11 Å². The van der Waals surface area contributed by atoms with Gasteiger partial charge in [0.25, 0.3) is 0 Å². The zero-order valence-corrected chi connectivity index (χ0v) is 14.1. The van der Waals surface area contributed by atoms with Crippen LogP contribution in [-0.4, -0.2) is 16.1 Å². The molecule has 1 heterocycles. The van der Waals surface area contributed by atoms with Gasteiger partial charge in [-0.1, -0.05) is 6.42 Å². The van der Waals surface area contributed by atoms with Crippen molar-refractivity contribution in [2.45, 2.75) is 62.5 Å². The van der Waals surface area contributed by atoms with Gasteiger partial charge in [-0.2, -0.15) is 0 Å². The Morgan fingerprint density at radius 1 is 1.05 bits per heavy atom. The highest BCUT2D eigenvalue weighted by Gasteiger charge is 2.51. The Kier molecular flexibility index (Phi) is 3.48. The van der Waals surface area contributed by atoms with Gasteiger partial charge in [0.15, 0.2) is 4.90 Å². The van der Waals surface area contributed by atoms with Gasteiger partial charge < -0.3 is 5.11 Å². The van der Waals surface area contributed by atoms with Gasteiger partial charge in [0, 0.05) is 23.2 Å². The molecular formula is C19H27OS+. The zero-order chi connectivity index (χ0) is 14.6. The summed E-state index contributed by atoms with van der Waals surface area (Å²) in [5, 5.41) is 11.0. The van der Waals surface area contributed by atoms with E-state index >= 15 is 0 Å². The summed E-state index contributed by atoms with van der Waals surface area (Å²) in [6.07, 6.45) is 8.95. The lowest BCUT2D eigenvalue weighted by Crippen LogP contribution is -2.30. The maximum Gasteiger partial charge on any atom is 0.155 e. The third kappa shape index (κ3) is 2.30. The smallest absolute Gasteiger partial charge is 0.155 e. The quantitative estimate of drug-likeness (QED) is 0.793. The molecule has 1 aromatic rings. The molecule has 1 aliphatic heterocycles. The third-order valence-electron chi connectivity index (χ3n) is 6.26. The van der Waals surface area contributed by atoms with Crippen LogP contribution in [0.5, 0.6) is 5.75 Å². The second kappa shape index (κ2) is 5.22. The largest absolute Gasteiger partial charge is 0.507 e. The van der Waals surface area contributed by atoms with E-state index in [-0.39, 0.29) is 0 Å². The lowest BCUT2D eigenvalue weighted by atomic mass is 9.85. The van der Waals surface area contributed by atoms with Crippen LogP contribution in [0.1, 0.15) is 49.7 Å². The summed E-state index contributed by atoms with van der Waals surface area (Å²) in [5.41, 5.74) is 2.13. The molecule has 5 atom stereocenters. The highest BCUT2D eigenvalue weighted by molar-refractivity contribution is 7.97. The SMILES string of the molecule is Cc1cc([S+]2CCCC2C2CC3CCC2C3)cc(C)c1O. The highest BCUT2D eigenvalue weighted by Crippen LogP contribution is 2.53. The average molecular weight is 303 g/mol. The Hall–Kier alpha value is -0.630. The van der Waals surface area contributed by atoms with E-state index in [4.69, 9.17) is 0 Å². The monoisotopic (exact) mass is 303 g/mol. The molecule has 0 amide bonds. The summed E-state index contributed by atoms with van der Waals surface area (Å²) >= 11 is 0. The summed E-state index contributed by atoms with van der Waals surface area (Å²) in [4.78, 5) is 1.54. The topological polar surface area (TPSA) is 20.2 Å². The Morgan fingerprint density at radius 2 is 1.81 bits per heavy atom. The minimum Gasteiger partial charge on any atom is -0.507 e. The van der Waals surface area contributed by atoms with Crippen LogP contribution in [0.15, 0.2) is 17.0 Å². The number of hydrogen-bond acceptors (Lipinski definition) is 1. The fourth-order valence-corrected chi connectivity index (χ4v) is 8.50. The van der Waals surface area contributed by atoms with Crippen molar-refractivity contribution < 1.29 is 5.11 Å². The molecule has 0 radical (unpaired) electrons. The van der Waals surface area contributed by atoms with Gasteiger partial charge >= 0.3 is 0 Å². The van der Waals surface area contributed by atoms with Crippen LogP contribution in [0, 0.1) is 31.6 Å². The van der Waals surface area contributed by atoms with Crippen LogP contribution in [0.4, 0.5) is 0 Å². The first-order chi connectivity index (χ1) is 10.1. The molecule has 5 unspecified atom stereocenters. The summed E-state index contributed by atoms with van der Waals surface area (Å²) in [5.74, 6) is 5.02. The number of hydrogen-bond donors (Lipinski definition) is 1. The maximum atomic E-state index is 10.0. The van der Waals surface area contributed by atoms with Gasteiger partial charge in [-0.15, -0.1) is 0 Å². The van der Waals surface area contributed by atoms with Crippen molar-refractivity contribution in [1.29, 1.82) is 0 Å². The number of benzene rings is 1. The molecule has 3 fully saturated rings. The number of rotatable bonds is 2. The van der Waals surface area contributed by atoms with E-state index in [0.717, 1.165) is 34.1 Å². The number of aryl methyl sites for hydroxylation is 2. The number of phenols is 1. The molecule has 2 aliphatic carbocycles. The Balaban J connectivity index is 1.62. The van der Waals surface area contributed by atoms with Crippen molar-refractivity contribution in [1.82, 2.24) is 0 Å². The molecule has 1 aromatic carbocycles. The van der Waals surface area contributed by atoms with Crippen LogP contribution in [0.2, 0.25) is 0 Å². The summed E-state index contributed by atoms with van der Waals surface area (Å²) in [6, 6.07) is 4.55. The van der Waals surface area contributed by atoms with Crippen molar-refractivity contribution in [3.05, 3.63) is 23.3 Å². The predicted octanol–water partition coefficient (Wildman–Crippen LogP) is 4.58. The molecule has 21 heavy (non-hydrogen) atoms. The first-order valence-corrected chi connectivity index (χ1v) is 10.1. The molecule has 0 aromatic heterocycles. The molecule has 4 rings (SSSR count). The number of fused-ring (bicyclic) bond motifs is 2. The minimum absolute atomic E-state index is 0.440. The van der Waals surface area contributed by atoms with Crippen molar-refractivity contribution in [2.75, 3.05) is 5.75 Å². The first kappa shape index (κ1) is 14.0. The van der Waals surface area contributed by atoms with E-state index in [0.29, 0.717) is 16.6 Å². The van der Waals surface area contributed by atoms with Crippen LogP contribution in [0.3, 0.4) is 0 Å². The normalized spacial score (nSPS) is 38.3. The number of aromatic hydroxyl groups is 1. The van der Waals surface area contributed by atoms with Crippen molar-refractivity contribution in [3.8, 4) is 5.75 Å². The minimum atomic E-state index is 0.440. The van der Waals surface area contributed by atoms with E-state index in [1.165, 1.54) is 49.2 Å². The molecule has 114 valence electrons. The van der Waals surface area contributed by atoms with Gasteiger partial charge in [0.05, 0.1) is 0 Å². The molecular weight excluding hydrogens is 276 g/mol. The third-order valence-corrected chi connectivity index (χ3v) is 9.14. The molecule has 2 bridgehead atoms. The van der Waals surface area contributed by atoms with Crippen LogP contribution >= 0.6 is 0 Å². The fraction of sp³-hybridized carbons (Fsp3) is 0.684. The highest BCUT2D eigenvalue weighted by atomic mass is 32.2. The summed E-state index contributed by atoms with van der Waals surface area (Å²) < 4.78 is 0. The van der Waals surface area contributed by atoms with Crippen molar-refractivity contribution in [3.63, 3.8) is 0 Å². The average Bonchev–Trinajstić information content (AvgIpc) is 3.18. The second-order valence-electron chi connectivity index (χ2n) is 7.56. The Bertz CT molecular complexity index is 529. The summed E-state index contributed by atoms with van der Waals surface area (Å²) in [7, 11) is 0.440. The van der Waals surface area contributed by atoms with Crippen LogP contribution in [0.25, 0.3) is 0 Å². The fourth-order valence-electron chi connectivity index (χ4n) is 5.27. The first-order valence-electron chi connectivity index (χ1n) is 8.63.